The van der Waals surface area contributed by atoms with Gasteiger partial charge in [0.1, 0.15) is 47.3 Å². The Kier molecular flexibility index (Phi) is 20.3. The van der Waals surface area contributed by atoms with Crippen molar-refractivity contribution in [1.29, 1.82) is 0 Å². The maximum absolute atomic E-state index is 14.2. The zero-order valence-corrected chi connectivity index (χ0v) is 51.8. The standard InChI is InChI=1S/C28H33ClFN7O5S.C28H31ClFN7O5S/c2*1-6-41-26(38)28(2,3)43-27-33-35-36(34-27)13-12-21-25-32-31-22(15-30)37(25)19-11-10-16(29)14-18(19)23(42-21)17-8-7-9-20(39-4)24(17)40-5/h7-11,14,21,23,35H,6,12-13,15H2,1-5H3,(H,33,34);7-11,14,21,23H,6,12-13,15H2,1-5H3/t2*21-,23-/m00/s1. The van der Waals surface area contributed by atoms with Gasteiger partial charge in [0.05, 0.1) is 59.6 Å². The molecule has 3 aliphatic heterocycles. The summed E-state index contributed by atoms with van der Waals surface area (Å²) in [5.41, 5.74) is 10.1. The van der Waals surface area contributed by atoms with Crippen molar-refractivity contribution < 1.29 is 56.3 Å². The van der Waals surface area contributed by atoms with Gasteiger partial charge in [0.25, 0.3) is 0 Å². The van der Waals surface area contributed by atoms with Gasteiger partial charge in [-0.2, -0.15) is 4.80 Å². The minimum absolute atomic E-state index is 0.129. The third kappa shape index (κ3) is 13.4. The van der Waals surface area contributed by atoms with Gasteiger partial charge in [-0.1, -0.05) is 71.0 Å². The molecule has 0 amide bonds. The molecule has 0 unspecified atom stereocenters. The second kappa shape index (κ2) is 27.6. The zero-order chi connectivity index (χ0) is 61.5. The van der Waals surface area contributed by atoms with E-state index in [1.54, 1.807) is 133 Å². The van der Waals surface area contributed by atoms with E-state index >= 15 is 0 Å². The number of fused-ring (bicyclic) bond motifs is 6. The molecule has 2 N–H and O–H groups in total. The molecule has 0 spiro atoms. The average Bonchev–Trinajstić information content (AvgIpc) is 1.77. The van der Waals surface area contributed by atoms with Crippen LogP contribution in [0.15, 0.2) is 83.1 Å². The van der Waals surface area contributed by atoms with Gasteiger partial charge >= 0.3 is 11.9 Å². The lowest BCUT2D eigenvalue weighted by molar-refractivity contribution is -0.145. The highest BCUT2D eigenvalue weighted by atomic mass is 35.5. The first-order chi connectivity index (χ1) is 41.4. The summed E-state index contributed by atoms with van der Waals surface area (Å²) in [5, 5.41) is 37.4. The number of aryl methyl sites for hydroxylation is 1. The number of halogens is 4. The predicted octanol–water partition coefficient (Wildman–Crippen LogP) is 9.71. The van der Waals surface area contributed by atoms with Gasteiger partial charge in [-0.25, -0.2) is 14.3 Å². The molecule has 24 nitrogen and oxygen atoms in total. The summed E-state index contributed by atoms with van der Waals surface area (Å²) >= 11 is 15.3. The van der Waals surface area contributed by atoms with Crippen LogP contribution < -0.4 is 29.9 Å². The molecular weight excluding hydrogens is 1200 g/mol. The van der Waals surface area contributed by atoms with E-state index in [0.717, 1.165) is 11.8 Å². The number of hydrazone groups is 1. The molecule has 0 saturated carbocycles. The molecule has 0 fully saturated rings. The van der Waals surface area contributed by atoms with E-state index in [2.05, 4.69) is 51.9 Å². The molecule has 4 atom stereocenters. The number of hydrazine groups is 2. The molecule has 7 aromatic rings. The van der Waals surface area contributed by atoms with Crippen LogP contribution in [0.5, 0.6) is 23.0 Å². The zero-order valence-electron chi connectivity index (χ0n) is 48.7. The maximum atomic E-state index is 14.2. The molecule has 30 heteroatoms. The van der Waals surface area contributed by atoms with Crippen LogP contribution in [0.25, 0.3) is 11.4 Å². The molecule has 0 radical (unpaired) electrons. The van der Waals surface area contributed by atoms with E-state index in [0.29, 0.717) is 115 Å². The Hall–Kier alpha value is -7.34. The number of methoxy groups -OCH3 is 4. The summed E-state index contributed by atoms with van der Waals surface area (Å²) in [4.78, 5) is 26.1. The molecule has 10 rings (SSSR count). The summed E-state index contributed by atoms with van der Waals surface area (Å²) in [6.45, 7) is 10.1. The number of aromatic nitrogens is 10. The molecule has 0 saturated heterocycles. The second-order valence-electron chi connectivity index (χ2n) is 20.2. The molecule has 3 aliphatic rings. The molecule has 6 heterocycles. The summed E-state index contributed by atoms with van der Waals surface area (Å²) < 4.78 is 76.6. The lowest BCUT2D eigenvalue weighted by Crippen LogP contribution is -2.43. The summed E-state index contributed by atoms with van der Waals surface area (Å²) in [6, 6.07) is 21.7. The van der Waals surface area contributed by atoms with Crippen LogP contribution in [0, 0.1) is 0 Å². The summed E-state index contributed by atoms with van der Waals surface area (Å²) in [6.07, 6.45) is -1.97. The fourth-order valence-electron chi connectivity index (χ4n) is 9.79. The van der Waals surface area contributed by atoms with E-state index in [1.165, 1.54) is 16.6 Å². The predicted molar refractivity (Wildman–Crippen MR) is 315 cm³/mol. The van der Waals surface area contributed by atoms with Crippen molar-refractivity contribution in [1.82, 2.24) is 65.8 Å². The van der Waals surface area contributed by atoms with Gasteiger partial charge in [-0.15, -0.1) is 40.8 Å². The molecule has 3 aromatic heterocycles. The third-order valence-corrected chi connectivity index (χ3v) is 16.3. The summed E-state index contributed by atoms with van der Waals surface area (Å²) in [5.74, 6) is 2.49. The number of esters is 2. The lowest BCUT2D eigenvalue weighted by atomic mass is 9.98. The van der Waals surface area contributed by atoms with Crippen molar-refractivity contribution in [3.05, 3.63) is 128 Å². The monoisotopic (exact) mass is 1260 g/mol. The largest absolute Gasteiger partial charge is 0.493 e. The van der Waals surface area contributed by atoms with E-state index in [9.17, 15) is 18.4 Å². The van der Waals surface area contributed by atoms with Crippen molar-refractivity contribution >= 4 is 63.8 Å². The minimum atomic E-state index is -0.899. The number of ether oxygens (including phenoxy) is 8. The van der Waals surface area contributed by atoms with Crippen LogP contribution in [0.2, 0.25) is 10.0 Å². The highest BCUT2D eigenvalue weighted by molar-refractivity contribution is 8.15. The van der Waals surface area contributed by atoms with E-state index in [1.807, 2.05) is 24.3 Å². The maximum Gasteiger partial charge on any atom is 0.322 e. The number of hydrogen-bond donors (Lipinski definition) is 2. The number of tetrazole rings is 1. The number of benzene rings is 4. The fourth-order valence-corrected chi connectivity index (χ4v) is 11.8. The number of carbonyl (C=O) groups is 2. The minimum Gasteiger partial charge on any atom is -0.493 e. The third-order valence-electron chi connectivity index (χ3n) is 13.8. The van der Waals surface area contributed by atoms with Crippen LogP contribution in [0.4, 0.5) is 8.78 Å². The Morgan fingerprint density at radius 2 is 1.13 bits per heavy atom. The van der Waals surface area contributed by atoms with Gasteiger partial charge in [-0.05, 0) is 102 Å². The Morgan fingerprint density at radius 3 is 1.59 bits per heavy atom. The van der Waals surface area contributed by atoms with Gasteiger partial charge in [0.2, 0.25) is 5.16 Å². The van der Waals surface area contributed by atoms with Crippen molar-refractivity contribution in [3.8, 4) is 34.4 Å². The first-order valence-electron chi connectivity index (χ1n) is 27.1. The molecule has 0 bridgehead atoms. The van der Waals surface area contributed by atoms with Gasteiger partial charge in [0, 0.05) is 45.3 Å². The number of para-hydroxylation sites is 2. The van der Waals surface area contributed by atoms with Gasteiger partial charge in [0.15, 0.2) is 51.5 Å². The second-order valence-corrected chi connectivity index (χ2v) is 24.2. The van der Waals surface area contributed by atoms with Crippen molar-refractivity contribution in [2.45, 2.75) is 113 Å². The van der Waals surface area contributed by atoms with Crippen LogP contribution in [-0.2, 0) is 48.4 Å². The SMILES string of the molecule is CCOC(=O)C(C)(C)SC1=NNN(CC[C@@H]2O[C@@H](c3cccc(OC)c3OC)c3cc(Cl)ccc3-n3c(CF)nnc32)N1.CCOC(=O)C(C)(C)Sc1nnn(CC[C@@H]2O[C@@H](c3cccc(OC)c3OC)c3cc(Cl)ccc3-n3c(CF)nnc32)n1. The number of nitrogens with zero attached hydrogens (tertiary/aromatic N) is 12. The van der Waals surface area contributed by atoms with Crippen LogP contribution in [0.1, 0.15) is 124 Å². The first kappa shape index (κ1) is 63.2. The number of thioether (sulfide) groups is 2. The number of carbonyl (C=O) groups excluding carboxylic acids is 2. The Balaban J connectivity index is 0.000000205. The molecule has 0 aliphatic carbocycles. The van der Waals surface area contributed by atoms with Crippen LogP contribution in [-0.4, -0.2) is 130 Å². The highest BCUT2D eigenvalue weighted by Gasteiger charge is 2.40. The van der Waals surface area contributed by atoms with Gasteiger partial charge < -0.3 is 37.9 Å². The van der Waals surface area contributed by atoms with E-state index < -0.39 is 47.3 Å². The van der Waals surface area contributed by atoms with E-state index in [-0.39, 0.29) is 36.7 Å². The quantitative estimate of drug-likeness (QED) is 0.0501. The topological polar surface area (TPSA) is 253 Å². The first-order valence-corrected chi connectivity index (χ1v) is 29.5. The fraction of sp³-hybridized carbons (Fsp3) is 0.429. The molecule has 458 valence electrons. The molecule has 86 heavy (non-hydrogen) atoms. The summed E-state index contributed by atoms with van der Waals surface area (Å²) in [7, 11) is 6.24. The van der Waals surface area contributed by atoms with E-state index in [4.69, 9.17) is 61.1 Å². The average molecular weight is 1270 g/mol. The Bertz CT molecular complexity index is 3590. The van der Waals surface area contributed by atoms with Crippen molar-refractivity contribution in [2.75, 3.05) is 48.2 Å². The highest BCUT2D eigenvalue weighted by Crippen LogP contribution is 2.49. The molecule has 4 aromatic carbocycles. The molecular formula is C56H64Cl2F2N14O10S2. The lowest BCUT2D eigenvalue weighted by Gasteiger charge is -2.26. The number of nitrogens with one attached hydrogen (secondary N) is 2. The smallest absolute Gasteiger partial charge is 0.322 e. The number of hydrogen-bond acceptors (Lipinski definition) is 23. The van der Waals surface area contributed by atoms with Crippen LogP contribution >= 0.6 is 46.7 Å². The Labute approximate surface area is 512 Å². The van der Waals surface area contributed by atoms with Crippen LogP contribution in [0.3, 0.4) is 0 Å². The van der Waals surface area contributed by atoms with Crippen molar-refractivity contribution in [3.63, 3.8) is 0 Å². The number of alkyl halides is 2. The van der Waals surface area contributed by atoms with Gasteiger partial charge in [-0.3, -0.25) is 24.1 Å². The number of amidine groups is 1. The normalized spacial score (nSPS) is 17.2. The van der Waals surface area contributed by atoms with Crippen molar-refractivity contribution in [2.24, 2.45) is 5.10 Å². The number of rotatable bonds is 21. The Morgan fingerprint density at radius 1 is 0.640 bits per heavy atom.